The molecule has 0 unspecified atom stereocenters. The smallest absolute Gasteiger partial charge is 0.224 e. The van der Waals surface area contributed by atoms with Gasteiger partial charge in [0.1, 0.15) is 5.75 Å². The summed E-state index contributed by atoms with van der Waals surface area (Å²) in [5.41, 5.74) is 1.72. The van der Waals surface area contributed by atoms with Crippen LogP contribution in [0.15, 0.2) is 48.5 Å². The number of para-hydroxylation sites is 1. The van der Waals surface area contributed by atoms with Gasteiger partial charge in [0.05, 0.1) is 31.2 Å². The molecular weight excluding hydrogens is 352 g/mol. The van der Waals surface area contributed by atoms with Crippen molar-refractivity contribution >= 4 is 28.9 Å². The van der Waals surface area contributed by atoms with Gasteiger partial charge >= 0.3 is 0 Å². The molecule has 3 rings (SSSR count). The van der Waals surface area contributed by atoms with Crippen LogP contribution in [-0.4, -0.2) is 38.8 Å². The molecule has 0 spiro atoms. The highest BCUT2D eigenvalue weighted by molar-refractivity contribution is 6.31. The van der Waals surface area contributed by atoms with E-state index in [2.05, 4.69) is 10.2 Å². The molecule has 0 bridgehead atoms. The third-order valence-corrected chi connectivity index (χ3v) is 4.38. The summed E-state index contributed by atoms with van der Waals surface area (Å²) < 4.78 is 11.0. The number of carbonyl (C=O) groups is 1. The lowest BCUT2D eigenvalue weighted by Gasteiger charge is -2.30. The molecule has 2 aromatic rings. The molecule has 26 heavy (non-hydrogen) atoms. The van der Waals surface area contributed by atoms with Crippen molar-refractivity contribution < 1.29 is 14.3 Å². The molecule has 0 aliphatic carbocycles. The van der Waals surface area contributed by atoms with Gasteiger partial charge in [-0.1, -0.05) is 29.8 Å². The molecule has 6 heteroatoms. The Bertz CT molecular complexity index is 718. The number of hydrogen-bond acceptors (Lipinski definition) is 4. The molecule has 0 aromatic heterocycles. The number of ether oxygens (including phenoxy) is 2. The van der Waals surface area contributed by atoms with Crippen LogP contribution in [0.3, 0.4) is 0 Å². The normalized spacial score (nSPS) is 14.1. The van der Waals surface area contributed by atoms with Gasteiger partial charge in [-0.05, 0) is 36.8 Å². The Balaban J connectivity index is 1.52. The molecule has 1 aliphatic heterocycles. The first-order valence-corrected chi connectivity index (χ1v) is 9.20. The molecule has 1 saturated heterocycles. The standard InChI is InChI=1S/C20H23ClN2O3/c21-16-8-9-19(23-10-13-25-14-11-23)18(15-16)22-20(24)7-4-12-26-17-5-2-1-3-6-17/h1-3,5-6,8-9,15H,4,7,10-14H2,(H,22,24). The first-order chi connectivity index (χ1) is 12.7. The first-order valence-electron chi connectivity index (χ1n) is 8.82. The number of nitrogens with zero attached hydrogens (tertiary/aromatic N) is 1. The minimum Gasteiger partial charge on any atom is -0.494 e. The van der Waals surface area contributed by atoms with E-state index in [1.54, 1.807) is 6.07 Å². The van der Waals surface area contributed by atoms with Gasteiger partial charge in [0, 0.05) is 24.5 Å². The molecule has 1 amide bonds. The summed E-state index contributed by atoms with van der Waals surface area (Å²) in [6, 6.07) is 15.2. The Morgan fingerprint density at radius 3 is 2.69 bits per heavy atom. The van der Waals surface area contributed by atoms with Crippen molar-refractivity contribution in [2.24, 2.45) is 0 Å². The second-order valence-electron chi connectivity index (χ2n) is 6.07. The van der Waals surface area contributed by atoms with Crippen molar-refractivity contribution in [3.8, 4) is 5.75 Å². The fourth-order valence-corrected chi connectivity index (χ4v) is 3.01. The lowest BCUT2D eigenvalue weighted by molar-refractivity contribution is -0.116. The van der Waals surface area contributed by atoms with Crippen molar-refractivity contribution in [2.75, 3.05) is 43.1 Å². The Labute approximate surface area is 158 Å². The quantitative estimate of drug-likeness (QED) is 0.745. The zero-order valence-corrected chi connectivity index (χ0v) is 15.4. The largest absolute Gasteiger partial charge is 0.494 e. The van der Waals surface area contributed by atoms with Crippen LogP contribution in [0.25, 0.3) is 0 Å². The Kier molecular flexibility index (Phi) is 6.75. The summed E-state index contributed by atoms with van der Waals surface area (Å²) in [5.74, 6) is 0.774. The maximum atomic E-state index is 12.3. The molecule has 0 saturated carbocycles. The van der Waals surface area contributed by atoms with Crippen LogP contribution in [-0.2, 0) is 9.53 Å². The van der Waals surface area contributed by atoms with Gasteiger partial charge in [0.2, 0.25) is 5.91 Å². The predicted molar refractivity (Wildman–Crippen MR) is 104 cm³/mol. The average molecular weight is 375 g/mol. The number of anilines is 2. The van der Waals surface area contributed by atoms with Crippen LogP contribution in [0, 0.1) is 0 Å². The number of nitrogens with one attached hydrogen (secondary N) is 1. The van der Waals surface area contributed by atoms with Crippen molar-refractivity contribution in [1.29, 1.82) is 0 Å². The Hall–Kier alpha value is -2.24. The number of carbonyl (C=O) groups excluding carboxylic acids is 1. The van der Waals surface area contributed by atoms with Gasteiger partial charge in [-0.2, -0.15) is 0 Å². The van der Waals surface area contributed by atoms with Gasteiger partial charge in [0.15, 0.2) is 0 Å². The van der Waals surface area contributed by atoms with E-state index in [0.717, 1.165) is 30.2 Å². The van der Waals surface area contributed by atoms with Crippen LogP contribution in [0.5, 0.6) is 5.75 Å². The minimum absolute atomic E-state index is 0.0431. The van der Waals surface area contributed by atoms with E-state index in [1.165, 1.54) is 0 Å². The second-order valence-corrected chi connectivity index (χ2v) is 6.51. The van der Waals surface area contributed by atoms with Gasteiger partial charge < -0.3 is 19.7 Å². The van der Waals surface area contributed by atoms with E-state index in [0.29, 0.717) is 37.7 Å². The maximum absolute atomic E-state index is 12.3. The van der Waals surface area contributed by atoms with E-state index in [-0.39, 0.29) is 5.91 Å². The van der Waals surface area contributed by atoms with Crippen molar-refractivity contribution in [3.05, 3.63) is 53.6 Å². The number of morpholine rings is 1. The molecule has 1 heterocycles. The molecule has 0 atom stereocenters. The van der Waals surface area contributed by atoms with Crippen LogP contribution in [0.2, 0.25) is 5.02 Å². The number of amides is 1. The Morgan fingerprint density at radius 2 is 1.92 bits per heavy atom. The van der Waals surface area contributed by atoms with E-state index >= 15 is 0 Å². The number of hydrogen-bond donors (Lipinski definition) is 1. The van der Waals surface area contributed by atoms with Crippen LogP contribution in [0.1, 0.15) is 12.8 Å². The predicted octanol–water partition coefficient (Wildman–Crippen LogP) is 3.97. The second kappa shape index (κ2) is 9.46. The van der Waals surface area contributed by atoms with Crippen LogP contribution < -0.4 is 15.0 Å². The number of halogens is 1. The molecule has 138 valence electrons. The highest BCUT2D eigenvalue weighted by Gasteiger charge is 2.16. The molecule has 1 N–H and O–H groups in total. The van der Waals surface area contributed by atoms with Gasteiger partial charge in [0.25, 0.3) is 0 Å². The summed E-state index contributed by atoms with van der Waals surface area (Å²) in [4.78, 5) is 14.5. The van der Waals surface area contributed by atoms with E-state index < -0.39 is 0 Å². The van der Waals surface area contributed by atoms with Crippen LogP contribution >= 0.6 is 11.6 Å². The van der Waals surface area contributed by atoms with E-state index in [1.807, 2.05) is 42.5 Å². The zero-order chi connectivity index (χ0) is 18.2. The third kappa shape index (κ3) is 5.38. The summed E-state index contributed by atoms with van der Waals surface area (Å²) in [5, 5.41) is 3.59. The topological polar surface area (TPSA) is 50.8 Å². The molecule has 1 aliphatic rings. The zero-order valence-electron chi connectivity index (χ0n) is 14.6. The maximum Gasteiger partial charge on any atom is 0.224 e. The lowest BCUT2D eigenvalue weighted by atomic mass is 10.2. The number of benzene rings is 2. The summed E-state index contributed by atoms with van der Waals surface area (Å²) >= 11 is 6.12. The fourth-order valence-electron chi connectivity index (χ4n) is 2.84. The number of rotatable bonds is 7. The Morgan fingerprint density at radius 1 is 1.15 bits per heavy atom. The summed E-state index contributed by atoms with van der Waals surface area (Å²) in [6.45, 7) is 3.48. The van der Waals surface area contributed by atoms with Gasteiger partial charge in [-0.3, -0.25) is 4.79 Å². The minimum atomic E-state index is -0.0431. The average Bonchev–Trinajstić information content (AvgIpc) is 2.67. The highest BCUT2D eigenvalue weighted by Crippen LogP contribution is 2.30. The molecule has 1 fully saturated rings. The van der Waals surface area contributed by atoms with E-state index in [4.69, 9.17) is 21.1 Å². The van der Waals surface area contributed by atoms with Gasteiger partial charge in [-0.15, -0.1) is 0 Å². The SMILES string of the molecule is O=C(CCCOc1ccccc1)Nc1cc(Cl)ccc1N1CCOCC1. The molecule has 0 radical (unpaired) electrons. The summed E-state index contributed by atoms with van der Waals surface area (Å²) in [7, 11) is 0. The molecular formula is C20H23ClN2O3. The van der Waals surface area contributed by atoms with Crippen molar-refractivity contribution in [3.63, 3.8) is 0 Å². The van der Waals surface area contributed by atoms with Crippen molar-refractivity contribution in [2.45, 2.75) is 12.8 Å². The highest BCUT2D eigenvalue weighted by atomic mass is 35.5. The molecule has 2 aromatic carbocycles. The lowest BCUT2D eigenvalue weighted by Crippen LogP contribution is -2.36. The molecule has 5 nitrogen and oxygen atoms in total. The van der Waals surface area contributed by atoms with Gasteiger partial charge in [-0.25, -0.2) is 0 Å². The van der Waals surface area contributed by atoms with E-state index in [9.17, 15) is 4.79 Å². The summed E-state index contributed by atoms with van der Waals surface area (Å²) in [6.07, 6.45) is 1.04. The first kappa shape index (κ1) is 18.5. The van der Waals surface area contributed by atoms with Crippen molar-refractivity contribution in [1.82, 2.24) is 0 Å². The third-order valence-electron chi connectivity index (χ3n) is 4.14. The van der Waals surface area contributed by atoms with Crippen LogP contribution in [0.4, 0.5) is 11.4 Å². The monoisotopic (exact) mass is 374 g/mol. The fraction of sp³-hybridized carbons (Fsp3) is 0.350.